The first-order chi connectivity index (χ1) is 7.64. The third kappa shape index (κ3) is 11.6. The molecule has 0 atom stereocenters. The summed E-state index contributed by atoms with van der Waals surface area (Å²) in [6.45, 7) is 7.99. The Hall–Kier alpha value is -0.660. The van der Waals surface area contributed by atoms with Crippen molar-refractivity contribution < 1.29 is 22.1 Å². The van der Waals surface area contributed by atoms with Crippen LogP contribution in [0, 0.1) is 5.92 Å². The fourth-order valence-electron chi connectivity index (χ4n) is 0.830. The lowest BCUT2D eigenvalue weighted by Gasteiger charge is -2.25. The van der Waals surface area contributed by atoms with E-state index in [-0.39, 0.29) is 5.60 Å². The molecule has 0 aromatic rings. The Bertz CT molecular complexity index is 316. The van der Waals surface area contributed by atoms with Gasteiger partial charge in [-0.25, -0.2) is 0 Å². The van der Waals surface area contributed by atoms with Crippen molar-refractivity contribution in [2.75, 3.05) is 26.0 Å². The first-order valence-corrected chi connectivity index (χ1v) is 7.12. The molecule has 1 N–H and O–H groups in total. The van der Waals surface area contributed by atoms with E-state index in [0.29, 0.717) is 19.0 Å². The van der Waals surface area contributed by atoms with Crippen molar-refractivity contribution >= 4 is 16.6 Å². The first kappa shape index (κ1) is 16.3. The lowest BCUT2D eigenvalue weighted by molar-refractivity contribution is -0.138. The second-order valence-electron chi connectivity index (χ2n) is 4.84. The van der Waals surface area contributed by atoms with Gasteiger partial charge >= 0.3 is 0 Å². The SMILES string of the molecule is CC(C)(C)OC=O.CS(=O)(=O)OCC1CNC1. The Morgan fingerprint density at radius 2 is 1.88 bits per heavy atom. The van der Waals surface area contributed by atoms with Crippen LogP contribution >= 0.6 is 0 Å². The van der Waals surface area contributed by atoms with Gasteiger partial charge < -0.3 is 10.1 Å². The third-order valence-electron chi connectivity index (χ3n) is 1.79. The molecule has 7 heteroatoms. The van der Waals surface area contributed by atoms with Gasteiger partial charge in [-0.2, -0.15) is 8.42 Å². The summed E-state index contributed by atoms with van der Waals surface area (Å²) in [4.78, 5) is 9.60. The number of hydrogen-bond acceptors (Lipinski definition) is 6. The van der Waals surface area contributed by atoms with E-state index in [9.17, 15) is 13.2 Å². The Labute approximate surface area is 103 Å². The lowest BCUT2D eigenvalue weighted by atomic mass is 10.1. The fourth-order valence-corrected chi connectivity index (χ4v) is 1.27. The van der Waals surface area contributed by atoms with Gasteiger partial charge in [0.25, 0.3) is 16.6 Å². The molecule has 0 aliphatic carbocycles. The maximum atomic E-state index is 10.4. The molecule has 0 unspecified atom stereocenters. The highest BCUT2D eigenvalue weighted by Crippen LogP contribution is 2.04. The Kier molecular flexibility index (Phi) is 6.66. The van der Waals surface area contributed by atoms with Gasteiger partial charge in [0.1, 0.15) is 5.60 Å². The number of carbonyl (C=O) groups excluding carboxylic acids is 1. The minimum Gasteiger partial charge on any atom is -0.462 e. The predicted molar refractivity (Wildman–Crippen MR) is 64.1 cm³/mol. The first-order valence-electron chi connectivity index (χ1n) is 5.30. The van der Waals surface area contributed by atoms with Gasteiger partial charge in [-0.3, -0.25) is 8.98 Å². The predicted octanol–water partition coefficient (Wildman–Crippen LogP) is 0.140. The number of nitrogens with one attached hydrogen (secondary N) is 1. The van der Waals surface area contributed by atoms with Crippen molar-refractivity contribution in [3.63, 3.8) is 0 Å². The highest BCUT2D eigenvalue weighted by atomic mass is 32.2. The van der Waals surface area contributed by atoms with Gasteiger partial charge in [0.05, 0.1) is 12.9 Å². The van der Waals surface area contributed by atoms with E-state index in [1.165, 1.54) is 0 Å². The summed E-state index contributed by atoms with van der Waals surface area (Å²) in [7, 11) is -3.22. The van der Waals surface area contributed by atoms with Gasteiger partial charge in [0.2, 0.25) is 0 Å². The van der Waals surface area contributed by atoms with Gasteiger partial charge in [-0.15, -0.1) is 0 Å². The van der Waals surface area contributed by atoms with Crippen LogP contribution in [0.3, 0.4) is 0 Å². The summed E-state index contributed by atoms with van der Waals surface area (Å²) in [6.07, 6.45) is 1.07. The van der Waals surface area contributed by atoms with E-state index in [1.807, 2.05) is 20.8 Å². The van der Waals surface area contributed by atoms with Gasteiger partial charge in [0.15, 0.2) is 0 Å². The van der Waals surface area contributed by atoms with Crippen LogP contribution in [0.1, 0.15) is 20.8 Å². The maximum Gasteiger partial charge on any atom is 0.293 e. The lowest BCUT2D eigenvalue weighted by Crippen LogP contribution is -2.44. The molecule has 1 rings (SSSR count). The normalized spacial score (nSPS) is 16.5. The second kappa shape index (κ2) is 6.93. The highest BCUT2D eigenvalue weighted by molar-refractivity contribution is 7.85. The van der Waals surface area contributed by atoms with Crippen LogP contribution < -0.4 is 5.32 Å². The largest absolute Gasteiger partial charge is 0.462 e. The van der Waals surface area contributed by atoms with Crippen LogP contribution in [-0.2, 0) is 23.8 Å². The van der Waals surface area contributed by atoms with Gasteiger partial charge in [-0.05, 0) is 20.8 Å². The van der Waals surface area contributed by atoms with E-state index in [1.54, 1.807) is 0 Å². The monoisotopic (exact) mass is 267 g/mol. The van der Waals surface area contributed by atoms with Crippen molar-refractivity contribution in [2.24, 2.45) is 5.92 Å². The molecule has 0 aromatic heterocycles. The van der Waals surface area contributed by atoms with Crippen LogP contribution in [-0.4, -0.2) is 46.4 Å². The van der Waals surface area contributed by atoms with E-state index in [0.717, 1.165) is 19.3 Å². The summed E-state index contributed by atoms with van der Waals surface area (Å²) in [5.74, 6) is 0.384. The Morgan fingerprint density at radius 1 is 1.35 bits per heavy atom. The van der Waals surface area contributed by atoms with Crippen molar-refractivity contribution in [3.05, 3.63) is 0 Å². The molecule has 0 amide bonds. The van der Waals surface area contributed by atoms with E-state index in [4.69, 9.17) is 0 Å². The van der Waals surface area contributed by atoms with Crippen LogP contribution in [0.5, 0.6) is 0 Å². The molecule has 1 fully saturated rings. The zero-order valence-electron chi connectivity index (χ0n) is 10.7. The number of ether oxygens (including phenoxy) is 1. The number of carbonyl (C=O) groups is 1. The van der Waals surface area contributed by atoms with Crippen molar-refractivity contribution in [1.82, 2.24) is 5.32 Å². The topological polar surface area (TPSA) is 81.7 Å². The minimum atomic E-state index is -3.22. The van der Waals surface area contributed by atoms with Crippen LogP contribution in [0.15, 0.2) is 0 Å². The summed E-state index contributed by atoms with van der Waals surface area (Å²) >= 11 is 0. The number of hydrogen-bond donors (Lipinski definition) is 1. The quantitative estimate of drug-likeness (QED) is 0.576. The zero-order valence-corrected chi connectivity index (χ0v) is 11.5. The molecule has 6 nitrogen and oxygen atoms in total. The molecular weight excluding hydrogens is 246 g/mol. The van der Waals surface area contributed by atoms with E-state index >= 15 is 0 Å². The van der Waals surface area contributed by atoms with Crippen molar-refractivity contribution in [2.45, 2.75) is 26.4 Å². The summed E-state index contributed by atoms with van der Waals surface area (Å²) < 4.78 is 30.0. The summed E-state index contributed by atoms with van der Waals surface area (Å²) in [5, 5.41) is 3.02. The molecule has 1 aliphatic rings. The molecule has 1 heterocycles. The zero-order chi connectivity index (χ0) is 13.5. The molecule has 17 heavy (non-hydrogen) atoms. The van der Waals surface area contributed by atoms with E-state index < -0.39 is 10.1 Å². The smallest absolute Gasteiger partial charge is 0.293 e. The molecule has 0 bridgehead atoms. The van der Waals surface area contributed by atoms with Crippen molar-refractivity contribution in [1.29, 1.82) is 0 Å². The van der Waals surface area contributed by atoms with Crippen LogP contribution in [0.25, 0.3) is 0 Å². The molecule has 0 aromatic carbocycles. The molecular formula is C10H21NO5S. The number of rotatable bonds is 4. The molecule has 1 aliphatic heterocycles. The van der Waals surface area contributed by atoms with Crippen LogP contribution in [0.4, 0.5) is 0 Å². The molecule has 0 radical (unpaired) electrons. The standard InChI is InChI=1S/C5H11NO3S.C5H10O2/c1-10(7,8)9-4-5-2-6-3-5;1-5(2,3)7-4-6/h5-6H,2-4H2,1H3;4H,1-3H3. The summed E-state index contributed by atoms with van der Waals surface area (Å²) in [5.41, 5.74) is -0.318. The van der Waals surface area contributed by atoms with Crippen LogP contribution in [0.2, 0.25) is 0 Å². The minimum absolute atomic E-state index is 0.318. The van der Waals surface area contributed by atoms with E-state index in [2.05, 4.69) is 14.2 Å². The third-order valence-corrected chi connectivity index (χ3v) is 2.35. The Morgan fingerprint density at radius 3 is 2.06 bits per heavy atom. The fraction of sp³-hybridized carbons (Fsp3) is 0.900. The van der Waals surface area contributed by atoms with Gasteiger partial charge in [-0.1, -0.05) is 0 Å². The average Bonchev–Trinajstić information content (AvgIpc) is 1.96. The molecule has 1 saturated heterocycles. The maximum absolute atomic E-state index is 10.4. The molecule has 0 saturated carbocycles. The highest BCUT2D eigenvalue weighted by Gasteiger charge is 2.18. The molecule has 0 spiro atoms. The molecule has 102 valence electrons. The second-order valence-corrected chi connectivity index (χ2v) is 6.48. The van der Waals surface area contributed by atoms with Crippen molar-refractivity contribution in [3.8, 4) is 0 Å². The Balaban J connectivity index is 0.000000325. The average molecular weight is 267 g/mol. The summed E-state index contributed by atoms with van der Waals surface area (Å²) in [6, 6.07) is 0. The van der Waals surface area contributed by atoms with Gasteiger partial charge in [0, 0.05) is 19.0 Å².